The van der Waals surface area contributed by atoms with Crippen molar-refractivity contribution in [3.63, 3.8) is 0 Å². The fourth-order valence-corrected chi connectivity index (χ4v) is 2.59. The Morgan fingerprint density at radius 2 is 2.07 bits per heavy atom. The predicted octanol–water partition coefficient (Wildman–Crippen LogP) is 1.28. The molecule has 0 aromatic rings. The second kappa shape index (κ2) is 3.48. The molecule has 2 rings (SSSR count). The highest BCUT2D eigenvalue weighted by Crippen LogP contribution is 2.46. The van der Waals surface area contributed by atoms with E-state index in [0.717, 1.165) is 19.4 Å². The van der Waals surface area contributed by atoms with Crippen LogP contribution in [0, 0.1) is 16.7 Å². The van der Waals surface area contributed by atoms with Crippen LogP contribution in [0.15, 0.2) is 0 Å². The van der Waals surface area contributed by atoms with Crippen LogP contribution in [-0.4, -0.2) is 19.0 Å². The summed E-state index contributed by atoms with van der Waals surface area (Å²) in [5.41, 5.74) is 5.88. The molecule has 0 atom stereocenters. The topological polar surface area (TPSA) is 55.1 Å². The number of rotatable bonds is 4. The van der Waals surface area contributed by atoms with Crippen molar-refractivity contribution in [3.8, 4) is 0 Å². The molecule has 1 amide bonds. The van der Waals surface area contributed by atoms with Crippen molar-refractivity contribution in [2.24, 2.45) is 22.5 Å². The van der Waals surface area contributed by atoms with E-state index in [1.165, 1.54) is 12.8 Å². The van der Waals surface area contributed by atoms with Crippen molar-refractivity contribution in [1.29, 1.82) is 0 Å². The summed E-state index contributed by atoms with van der Waals surface area (Å²) in [6.45, 7) is 5.75. The molecule has 15 heavy (non-hydrogen) atoms. The Labute approximate surface area is 91.8 Å². The maximum Gasteiger partial charge on any atom is 0.227 e. The van der Waals surface area contributed by atoms with Crippen LogP contribution in [0.4, 0.5) is 0 Å². The van der Waals surface area contributed by atoms with Gasteiger partial charge in [0.1, 0.15) is 0 Å². The molecule has 2 fully saturated rings. The summed E-state index contributed by atoms with van der Waals surface area (Å²) >= 11 is 0. The molecule has 0 heterocycles. The van der Waals surface area contributed by atoms with Crippen LogP contribution in [0.25, 0.3) is 0 Å². The van der Waals surface area contributed by atoms with Gasteiger partial charge in [-0.05, 0) is 37.0 Å². The lowest BCUT2D eigenvalue weighted by molar-refractivity contribution is -0.138. The van der Waals surface area contributed by atoms with E-state index in [-0.39, 0.29) is 11.3 Å². The zero-order chi connectivity index (χ0) is 11.1. The van der Waals surface area contributed by atoms with Crippen molar-refractivity contribution in [1.82, 2.24) is 5.32 Å². The molecule has 0 spiro atoms. The molecule has 86 valence electrons. The maximum atomic E-state index is 12.0. The Balaban J connectivity index is 1.84. The molecule has 0 aromatic carbocycles. The van der Waals surface area contributed by atoms with Crippen LogP contribution in [0.5, 0.6) is 0 Å². The third-order valence-electron chi connectivity index (χ3n) is 4.13. The minimum absolute atomic E-state index is 0.191. The number of nitrogens with two attached hydrogens (primary N) is 1. The molecule has 0 aliphatic heterocycles. The van der Waals surface area contributed by atoms with Gasteiger partial charge in [0, 0.05) is 13.1 Å². The number of amides is 1. The number of nitrogens with one attached hydrogen (secondary N) is 1. The molecule has 0 unspecified atom stereocenters. The van der Waals surface area contributed by atoms with Gasteiger partial charge in [0.25, 0.3) is 0 Å². The minimum atomic E-state index is -0.231. The van der Waals surface area contributed by atoms with Crippen LogP contribution in [0.3, 0.4) is 0 Å². The molecule has 3 nitrogen and oxygen atoms in total. The molecule has 3 heteroatoms. The van der Waals surface area contributed by atoms with Gasteiger partial charge in [-0.3, -0.25) is 4.79 Å². The maximum absolute atomic E-state index is 12.0. The highest BCUT2D eigenvalue weighted by atomic mass is 16.2. The highest BCUT2D eigenvalue weighted by molar-refractivity contribution is 5.84. The van der Waals surface area contributed by atoms with Crippen LogP contribution in [0.2, 0.25) is 0 Å². The first-order valence-corrected chi connectivity index (χ1v) is 5.98. The van der Waals surface area contributed by atoms with Crippen molar-refractivity contribution >= 4 is 5.91 Å². The zero-order valence-electron chi connectivity index (χ0n) is 9.81. The molecule has 0 radical (unpaired) electrons. The molecule has 0 saturated heterocycles. The second-order valence-electron chi connectivity index (χ2n) is 5.99. The molecule has 2 aliphatic rings. The van der Waals surface area contributed by atoms with E-state index in [1.807, 2.05) is 0 Å². The van der Waals surface area contributed by atoms with Crippen LogP contribution in [-0.2, 0) is 4.79 Å². The lowest BCUT2D eigenvalue weighted by atomic mass is 9.62. The largest absolute Gasteiger partial charge is 0.355 e. The van der Waals surface area contributed by atoms with Gasteiger partial charge in [-0.25, -0.2) is 0 Å². The quantitative estimate of drug-likeness (QED) is 0.734. The average molecular weight is 210 g/mol. The molecular formula is C12H22N2O. The summed E-state index contributed by atoms with van der Waals surface area (Å²) < 4.78 is 0. The molecule has 0 bridgehead atoms. The van der Waals surface area contributed by atoms with Gasteiger partial charge in [-0.1, -0.05) is 13.8 Å². The Hall–Kier alpha value is -0.570. The van der Waals surface area contributed by atoms with Crippen molar-refractivity contribution in [2.75, 3.05) is 13.1 Å². The van der Waals surface area contributed by atoms with E-state index in [2.05, 4.69) is 19.2 Å². The van der Waals surface area contributed by atoms with E-state index in [1.54, 1.807) is 0 Å². The molecule has 2 saturated carbocycles. The van der Waals surface area contributed by atoms with E-state index in [0.29, 0.717) is 17.9 Å². The Morgan fingerprint density at radius 1 is 1.47 bits per heavy atom. The van der Waals surface area contributed by atoms with E-state index >= 15 is 0 Å². The van der Waals surface area contributed by atoms with Crippen LogP contribution < -0.4 is 11.1 Å². The van der Waals surface area contributed by atoms with Gasteiger partial charge in [-0.15, -0.1) is 0 Å². The number of hydrogen-bond acceptors (Lipinski definition) is 2. The Morgan fingerprint density at radius 3 is 2.47 bits per heavy atom. The lowest BCUT2D eigenvalue weighted by Gasteiger charge is -2.44. The zero-order valence-corrected chi connectivity index (χ0v) is 9.81. The first kappa shape index (κ1) is 10.9. The van der Waals surface area contributed by atoms with E-state index in [4.69, 9.17) is 5.73 Å². The SMILES string of the molecule is CC1CC(CN)(C(=O)NCC2(C)CC2)C1. The standard InChI is InChI=1S/C12H22N2O/c1-9-5-12(6-9,7-13)10(15)14-8-11(2)3-4-11/h9H,3-8,13H2,1-2H3,(H,14,15). The van der Waals surface area contributed by atoms with E-state index in [9.17, 15) is 4.79 Å². The van der Waals surface area contributed by atoms with Gasteiger partial charge in [-0.2, -0.15) is 0 Å². The van der Waals surface area contributed by atoms with Gasteiger partial charge < -0.3 is 11.1 Å². The number of carbonyl (C=O) groups is 1. The third kappa shape index (κ3) is 2.03. The van der Waals surface area contributed by atoms with Gasteiger partial charge in [0.05, 0.1) is 5.41 Å². The summed E-state index contributed by atoms with van der Waals surface area (Å²) in [4.78, 5) is 12.0. The summed E-state index contributed by atoms with van der Waals surface area (Å²) in [7, 11) is 0. The summed E-state index contributed by atoms with van der Waals surface area (Å²) in [6, 6.07) is 0. The van der Waals surface area contributed by atoms with Gasteiger partial charge in [0.15, 0.2) is 0 Å². The average Bonchev–Trinajstić information content (AvgIpc) is 2.88. The highest BCUT2D eigenvalue weighted by Gasteiger charge is 2.48. The monoisotopic (exact) mass is 210 g/mol. The van der Waals surface area contributed by atoms with Gasteiger partial charge in [0.2, 0.25) is 5.91 Å². The normalized spacial score (nSPS) is 36.9. The fourth-order valence-electron chi connectivity index (χ4n) is 2.59. The molecule has 3 N–H and O–H groups in total. The summed E-state index contributed by atoms with van der Waals surface area (Å²) in [5.74, 6) is 0.854. The molecule has 0 aromatic heterocycles. The van der Waals surface area contributed by atoms with Crippen molar-refractivity contribution < 1.29 is 4.79 Å². The Kier molecular flexibility index (Phi) is 2.53. The number of carbonyl (C=O) groups excluding carboxylic acids is 1. The van der Waals surface area contributed by atoms with Crippen LogP contribution in [0.1, 0.15) is 39.5 Å². The second-order valence-corrected chi connectivity index (χ2v) is 5.99. The van der Waals surface area contributed by atoms with Crippen molar-refractivity contribution in [3.05, 3.63) is 0 Å². The molecular weight excluding hydrogens is 188 g/mol. The van der Waals surface area contributed by atoms with E-state index < -0.39 is 0 Å². The predicted molar refractivity (Wildman–Crippen MR) is 60.2 cm³/mol. The van der Waals surface area contributed by atoms with Crippen LogP contribution >= 0.6 is 0 Å². The smallest absolute Gasteiger partial charge is 0.227 e. The first-order chi connectivity index (χ1) is 7.00. The minimum Gasteiger partial charge on any atom is -0.355 e. The summed E-state index contributed by atoms with van der Waals surface area (Å²) in [5, 5.41) is 3.08. The number of hydrogen-bond donors (Lipinski definition) is 2. The summed E-state index contributed by atoms with van der Waals surface area (Å²) in [6.07, 6.45) is 4.43. The first-order valence-electron chi connectivity index (χ1n) is 5.98. The molecule has 2 aliphatic carbocycles. The third-order valence-corrected chi connectivity index (χ3v) is 4.13. The van der Waals surface area contributed by atoms with Crippen molar-refractivity contribution in [2.45, 2.75) is 39.5 Å². The fraction of sp³-hybridized carbons (Fsp3) is 0.917. The van der Waals surface area contributed by atoms with Gasteiger partial charge >= 0.3 is 0 Å². The lowest BCUT2D eigenvalue weighted by Crippen LogP contribution is -2.54. The Bertz CT molecular complexity index is 265.